The summed E-state index contributed by atoms with van der Waals surface area (Å²) in [6.07, 6.45) is 1.86. The summed E-state index contributed by atoms with van der Waals surface area (Å²) in [6.45, 7) is 10.7. The van der Waals surface area contributed by atoms with Gasteiger partial charge in [-0.05, 0) is 82.7 Å². The Labute approximate surface area is 253 Å². The van der Waals surface area contributed by atoms with Gasteiger partial charge in [0, 0.05) is 35.7 Å². The van der Waals surface area contributed by atoms with Crippen molar-refractivity contribution in [3.63, 3.8) is 0 Å². The molecule has 0 radical (unpaired) electrons. The summed E-state index contributed by atoms with van der Waals surface area (Å²) in [7, 11) is 1.58. The lowest BCUT2D eigenvalue weighted by Gasteiger charge is -2.29. The molecule has 2 aromatic carbocycles. The first kappa shape index (κ1) is 29.8. The highest BCUT2D eigenvalue weighted by Gasteiger charge is 2.35. The van der Waals surface area contributed by atoms with Gasteiger partial charge in [0.05, 0.1) is 28.5 Å². The fourth-order valence-electron chi connectivity index (χ4n) is 5.69. The zero-order chi connectivity index (χ0) is 31.0. The molecule has 2 aromatic heterocycles. The molecule has 0 spiro atoms. The molecule has 0 fully saturated rings. The number of para-hydroxylation sites is 1. The first-order valence-electron chi connectivity index (χ1n) is 14.1. The zero-order valence-corrected chi connectivity index (χ0v) is 25.9. The minimum atomic E-state index is -0.979. The first-order valence-corrected chi connectivity index (χ1v) is 14.9. The minimum absolute atomic E-state index is 0.158. The summed E-state index contributed by atoms with van der Waals surface area (Å²) < 4.78 is 9.82. The van der Waals surface area contributed by atoms with E-state index >= 15 is 0 Å². The van der Waals surface area contributed by atoms with Crippen LogP contribution in [0, 0.1) is 13.8 Å². The largest absolute Gasteiger partial charge is 0.496 e. The van der Waals surface area contributed by atoms with Crippen LogP contribution < -0.4 is 19.6 Å². The molecule has 1 N–H and O–H groups in total. The van der Waals surface area contributed by atoms with Gasteiger partial charge >= 0.3 is 5.97 Å². The predicted molar refractivity (Wildman–Crippen MR) is 167 cm³/mol. The second kappa shape index (κ2) is 11.9. The molecule has 5 rings (SSSR count). The van der Waals surface area contributed by atoms with Crippen molar-refractivity contribution < 1.29 is 19.4 Å². The lowest BCUT2D eigenvalue weighted by Crippen LogP contribution is -2.43. The van der Waals surface area contributed by atoms with Crippen LogP contribution in [0.3, 0.4) is 0 Å². The Kier molecular flexibility index (Phi) is 8.23. The maximum atomic E-state index is 14.2. The van der Waals surface area contributed by atoms with Gasteiger partial charge in [-0.25, -0.2) is 9.79 Å². The van der Waals surface area contributed by atoms with E-state index in [2.05, 4.69) is 0 Å². The van der Waals surface area contributed by atoms with Crippen LogP contribution in [-0.4, -0.2) is 51.2 Å². The van der Waals surface area contributed by atoms with Crippen LogP contribution in [0.5, 0.6) is 5.75 Å². The normalized spacial score (nSPS) is 14.8. The number of benzene rings is 2. The van der Waals surface area contributed by atoms with Crippen LogP contribution in [0.25, 0.3) is 11.8 Å². The maximum Gasteiger partial charge on any atom is 0.335 e. The monoisotopic (exact) mass is 598 g/mol. The number of aryl methyl sites for hydroxylation is 1. The molecular weight excluding hydrogens is 564 g/mol. The van der Waals surface area contributed by atoms with Crippen LogP contribution >= 0.6 is 11.3 Å². The summed E-state index contributed by atoms with van der Waals surface area (Å²) in [4.78, 5) is 46.4. The second-order valence-electron chi connectivity index (χ2n) is 10.3. The molecule has 1 atom stereocenters. The van der Waals surface area contributed by atoms with E-state index in [9.17, 15) is 19.5 Å². The number of carboxylic acids is 1. The number of aromatic nitrogens is 2. The molecular formula is C33H34N4O5S. The van der Waals surface area contributed by atoms with E-state index in [1.807, 2.05) is 75.6 Å². The number of carboxylic acid groups (broad SMARTS) is 1. The quantitative estimate of drug-likeness (QED) is 0.327. The van der Waals surface area contributed by atoms with Crippen molar-refractivity contribution in [3.05, 3.63) is 114 Å². The number of ether oxygens (including phenoxy) is 1. The number of carbonyl (C=O) groups is 2. The smallest absolute Gasteiger partial charge is 0.335 e. The third-order valence-electron chi connectivity index (χ3n) is 7.87. The average Bonchev–Trinajstić information content (AvgIpc) is 3.46. The van der Waals surface area contributed by atoms with Gasteiger partial charge in [0.2, 0.25) is 0 Å². The van der Waals surface area contributed by atoms with Crippen LogP contribution in [0.15, 0.2) is 75.7 Å². The van der Waals surface area contributed by atoms with Gasteiger partial charge in [-0.1, -0.05) is 29.5 Å². The number of methoxy groups -OCH3 is 1. The van der Waals surface area contributed by atoms with Crippen LogP contribution in [0.4, 0.5) is 0 Å². The number of likely N-dealkylation sites (N-methyl/N-ethyl adjacent to an activating group) is 1. The van der Waals surface area contributed by atoms with E-state index in [0.717, 1.165) is 22.6 Å². The number of allylic oxidation sites excluding steroid dienone is 1. The lowest BCUT2D eigenvalue weighted by molar-refractivity contribution is -0.127. The molecule has 1 aliphatic rings. The van der Waals surface area contributed by atoms with Crippen molar-refractivity contribution in [2.45, 2.75) is 40.7 Å². The summed E-state index contributed by atoms with van der Waals surface area (Å²) in [6, 6.07) is 15.4. The van der Waals surface area contributed by atoms with Crippen molar-refractivity contribution >= 4 is 29.3 Å². The Balaban J connectivity index is 1.69. The Morgan fingerprint density at radius 3 is 2.37 bits per heavy atom. The third kappa shape index (κ3) is 5.23. The Hall–Kier alpha value is -4.70. The number of hydrogen-bond donors (Lipinski definition) is 1. The number of nitrogens with zero attached hydrogens (tertiary/aromatic N) is 4. The topological polar surface area (TPSA) is 106 Å². The summed E-state index contributed by atoms with van der Waals surface area (Å²) in [5, 5.41) is 9.27. The zero-order valence-electron chi connectivity index (χ0n) is 25.0. The number of carbonyl (C=O) groups excluding carboxylic acids is 1. The molecule has 9 nitrogen and oxygen atoms in total. The minimum Gasteiger partial charge on any atom is -0.496 e. The van der Waals surface area contributed by atoms with E-state index < -0.39 is 12.0 Å². The van der Waals surface area contributed by atoms with Crippen molar-refractivity contribution in [2.24, 2.45) is 4.99 Å². The number of rotatable bonds is 8. The lowest BCUT2D eigenvalue weighted by atomic mass is 9.94. The van der Waals surface area contributed by atoms with E-state index in [1.165, 1.54) is 11.3 Å². The van der Waals surface area contributed by atoms with Gasteiger partial charge in [-0.2, -0.15) is 0 Å². The van der Waals surface area contributed by atoms with Crippen LogP contribution in [0.1, 0.15) is 59.7 Å². The van der Waals surface area contributed by atoms with Crippen LogP contribution in [0.2, 0.25) is 0 Å². The molecule has 1 amide bonds. The maximum absolute atomic E-state index is 14.2. The molecule has 0 unspecified atom stereocenters. The molecule has 0 aliphatic carbocycles. The molecule has 4 aromatic rings. The highest BCUT2D eigenvalue weighted by molar-refractivity contribution is 7.07. The van der Waals surface area contributed by atoms with Crippen molar-refractivity contribution in [2.75, 3.05) is 20.2 Å². The third-order valence-corrected chi connectivity index (χ3v) is 8.85. The van der Waals surface area contributed by atoms with E-state index in [-0.39, 0.29) is 17.0 Å². The molecule has 10 heteroatoms. The van der Waals surface area contributed by atoms with Gasteiger partial charge < -0.3 is 19.3 Å². The number of hydrogen-bond acceptors (Lipinski definition) is 6. The highest BCUT2D eigenvalue weighted by Crippen LogP contribution is 2.36. The molecule has 3 heterocycles. The first-order chi connectivity index (χ1) is 20.6. The number of aromatic carboxylic acids is 1. The standard InChI is InChI=1S/C33H34N4O5S/c1-7-35(8-2)31(39)28-20(4)34-33-37(29(28)25-11-9-10-12-26(25)42-6)30(38)27(43-33)18-23-17-19(3)36(21(23)5)24-15-13-22(14-16-24)32(40)41/h9-18,29H,7-8H2,1-6H3,(H,40,41)/b27-18+/t29-/m0/s1. The molecule has 0 saturated carbocycles. The molecule has 0 bridgehead atoms. The molecule has 0 saturated heterocycles. The Morgan fingerprint density at radius 2 is 1.74 bits per heavy atom. The van der Waals surface area contributed by atoms with E-state index in [0.29, 0.717) is 45.0 Å². The highest BCUT2D eigenvalue weighted by atomic mass is 32.1. The van der Waals surface area contributed by atoms with Gasteiger partial charge in [0.25, 0.3) is 11.5 Å². The fraction of sp³-hybridized carbons (Fsp3) is 0.273. The SMILES string of the molecule is CCN(CC)C(=O)C1=C(C)N=c2s/c(=C/c3cc(C)n(-c4ccc(C(=O)O)cc4)c3C)c(=O)n2[C@H]1c1ccccc1OC. The number of amides is 1. The number of thiazole rings is 1. The Bertz CT molecular complexity index is 1940. The van der Waals surface area contributed by atoms with E-state index in [1.54, 1.807) is 40.8 Å². The van der Waals surface area contributed by atoms with Gasteiger partial charge in [-0.15, -0.1) is 0 Å². The molecule has 1 aliphatic heterocycles. The predicted octanol–water partition coefficient (Wildman–Crippen LogP) is 4.22. The molecule has 222 valence electrons. The van der Waals surface area contributed by atoms with Crippen molar-refractivity contribution in [3.8, 4) is 11.4 Å². The summed E-state index contributed by atoms with van der Waals surface area (Å²) in [5.41, 5.74) is 5.24. The van der Waals surface area contributed by atoms with Crippen LogP contribution in [-0.2, 0) is 4.79 Å². The van der Waals surface area contributed by atoms with Crippen molar-refractivity contribution in [1.29, 1.82) is 0 Å². The Morgan fingerprint density at radius 1 is 1.07 bits per heavy atom. The van der Waals surface area contributed by atoms with Gasteiger partial charge in [0.15, 0.2) is 4.80 Å². The number of fused-ring (bicyclic) bond motifs is 1. The fourth-order valence-corrected chi connectivity index (χ4v) is 6.73. The second-order valence-corrected chi connectivity index (χ2v) is 11.3. The summed E-state index contributed by atoms with van der Waals surface area (Å²) >= 11 is 1.28. The molecule has 43 heavy (non-hydrogen) atoms. The van der Waals surface area contributed by atoms with Crippen molar-refractivity contribution in [1.82, 2.24) is 14.0 Å². The van der Waals surface area contributed by atoms with E-state index in [4.69, 9.17) is 9.73 Å². The summed E-state index contributed by atoms with van der Waals surface area (Å²) in [5.74, 6) is -0.555. The van der Waals surface area contributed by atoms with Gasteiger partial charge in [-0.3, -0.25) is 14.2 Å². The average molecular weight is 599 g/mol. The van der Waals surface area contributed by atoms with Gasteiger partial charge in [0.1, 0.15) is 11.8 Å².